The lowest BCUT2D eigenvalue weighted by atomic mass is 10.1. The molecule has 9 heteroatoms. The molecule has 2 aliphatic rings. The number of hydrogen-bond donors (Lipinski definition) is 1. The highest BCUT2D eigenvalue weighted by molar-refractivity contribution is 7.92. The molecule has 5 rings (SSSR count). The van der Waals surface area contributed by atoms with Crippen LogP contribution in [0.5, 0.6) is 11.6 Å². The van der Waals surface area contributed by atoms with E-state index in [1.807, 2.05) is 56.3 Å². The largest absolute Gasteiger partial charge is 0.438 e. The molecule has 38 heavy (non-hydrogen) atoms. The van der Waals surface area contributed by atoms with E-state index in [2.05, 4.69) is 20.2 Å². The summed E-state index contributed by atoms with van der Waals surface area (Å²) >= 11 is 0. The second kappa shape index (κ2) is 10.8. The molecule has 3 aromatic rings. The standard InChI is InChI=1S/C29H31N5O3S/c1-20-18-22(4-3-14-30)19-21(2)28(20)37-27-11-15-31-29(33-27)32-23-5-7-24(8-6-23)34-16-12-26(13-17-34)38(35,36)25-9-10-25/h3-8,11,15,18-19,25-26H,9-10,12-13,16-17H2,1-2H3,(H,31,32,33)/b4-3+. The zero-order chi connectivity index (χ0) is 26.7. The van der Waals surface area contributed by atoms with E-state index in [1.165, 1.54) is 6.08 Å². The number of anilines is 3. The smallest absolute Gasteiger partial charge is 0.230 e. The van der Waals surface area contributed by atoms with Crippen LogP contribution in [-0.4, -0.2) is 42.0 Å². The number of aryl methyl sites for hydroxylation is 2. The van der Waals surface area contributed by atoms with Gasteiger partial charge in [-0.25, -0.2) is 13.4 Å². The van der Waals surface area contributed by atoms with Gasteiger partial charge in [-0.2, -0.15) is 10.2 Å². The minimum absolute atomic E-state index is 0.0818. The number of allylic oxidation sites excluding steroid dienone is 1. The monoisotopic (exact) mass is 529 g/mol. The first-order valence-electron chi connectivity index (χ1n) is 12.9. The minimum Gasteiger partial charge on any atom is -0.438 e. The molecular weight excluding hydrogens is 498 g/mol. The van der Waals surface area contributed by atoms with Crippen molar-refractivity contribution in [3.63, 3.8) is 0 Å². The molecule has 0 radical (unpaired) electrons. The molecule has 1 aromatic heterocycles. The molecule has 196 valence electrons. The van der Waals surface area contributed by atoms with Crippen molar-refractivity contribution in [1.82, 2.24) is 9.97 Å². The normalized spacial score (nSPS) is 16.4. The van der Waals surface area contributed by atoms with Crippen molar-refractivity contribution in [2.24, 2.45) is 0 Å². The van der Waals surface area contributed by atoms with Crippen LogP contribution in [0.4, 0.5) is 17.3 Å². The van der Waals surface area contributed by atoms with Crippen LogP contribution in [0.15, 0.2) is 54.7 Å². The highest BCUT2D eigenvalue weighted by atomic mass is 32.2. The maximum Gasteiger partial charge on any atom is 0.230 e. The second-order valence-electron chi connectivity index (χ2n) is 9.91. The van der Waals surface area contributed by atoms with Crippen molar-refractivity contribution in [3.05, 3.63) is 71.4 Å². The Hall–Kier alpha value is -3.90. The van der Waals surface area contributed by atoms with Crippen LogP contribution in [-0.2, 0) is 9.84 Å². The van der Waals surface area contributed by atoms with Crippen LogP contribution < -0.4 is 15.0 Å². The van der Waals surface area contributed by atoms with Crippen LogP contribution in [0.3, 0.4) is 0 Å². The van der Waals surface area contributed by atoms with Crippen molar-refractivity contribution >= 4 is 33.2 Å². The Labute approximate surface area is 223 Å². The summed E-state index contributed by atoms with van der Waals surface area (Å²) in [6.45, 7) is 5.42. The number of benzene rings is 2. The lowest BCUT2D eigenvalue weighted by molar-refractivity contribution is 0.455. The lowest BCUT2D eigenvalue weighted by Gasteiger charge is -2.33. The lowest BCUT2D eigenvalue weighted by Crippen LogP contribution is -2.40. The molecule has 2 heterocycles. The molecule has 0 spiro atoms. The van der Waals surface area contributed by atoms with Gasteiger partial charge in [0.05, 0.1) is 16.6 Å². The summed E-state index contributed by atoms with van der Waals surface area (Å²) < 4.78 is 31.2. The number of nitriles is 1. The summed E-state index contributed by atoms with van der Waals surface area (Å²) in [5, 5.41) is 11.7. The van der Waals surface area contributed by atoms with Crippen molar-refractivity contribution in [3.8, 4) is 17.7 Å². The van der Waals surface area contributed by atoms with E-state index in [-0.39, 0.29) is 10.5 Å². The number of piperidine rings is 1. The third-order valence-corrected chi connectivity index (χ3v) is 9.86. The molecular formula is C29H31N5O3S. The Morgan fingerprint density at radius 2 is 1.68 bits per heavy atom. The summed E-state index contributed by atoms with van der Waals surface area (Å²) in [5.41, 5.74) is 4.75. The Bertz CT molecular complexity index is 1460. The average Bonchev–Trinajstić information content (AvgIpc) is 3.77. The third-order valence-electron chi connectivity index (χ3n) is 7.05. The van der Waals surface area contributed by atoms with Gasteiger partial charge in [-0.3, -0.25) is 0 Å². The van der Waals surface area contributed by atoms with Gasteiger partial charge in [-0.05, 0) is 98.7 Å². The van der Waals surface area contributed by atoms with Crippen LogP contribution in [0, 0.1) is 25.2 Å². The predicted molar refractivity (Wildman–Crippen MR) is 150 cm³/mol. The van der Waals surface area contributed by atoms with Gasteiger partial charge in [0.15, 0.2) is 9.84 Å². The van der Waals surface area contributed by atoms with Crippen molar-refractivity contribution in [2.45, 2.75) is 50.0 Å². The molecule has 1 saturated heterocycles. The van der Waals surface area contributed by atoms with Gasteiger partial charge in [0, 0.05) is 42.8 Å². The Morgan fingerprint density at radius 1 is 1.03 bits per heavy atom. The molecule has 0 atom stereocenters. The van der Waals surface area contributed by atoms with E-state index >= 15 is 0 Å². The Morgan fingerprint density at radius 3 is 2.32 bits per heavy atom. The molecule has 2 aromatic carbocycles. The maximum absolute atomic E-state index is 12.6. The van der Waals surface area contributed by atoms with E-state index in [9.17, 15) is 8.42 Å². The molecule has 8 nitrogen and oxygen atoms in total. The minimum atomic E-state index is -2.94. The number of aromatic nitrogens is 2. The fraction of sp³-hybridized carbons (Fsp3) is 0.345. The first kappa shape index (κ1) is 25.7. The van der Waals surface area contributed by atoms with E-state index in [0.29, 0.717) is 24.7 Å². The summed E-state index contributed by atoms with van der Waals surface area (Å²) in [5.74, 6) is 1.57. The SMILES string of the molecule is Cc1cc(/C=C/C#N)cc(C)c1Oc1ccnc(Nc2ccc(N3CCC(S(=O)(=O)C4CC4)CC3)cc2)n1. The van der Waals surface area contributed by atoms with Crippen molar-refractivity contribution in [2.75, 3.05) is 23.3 Å². The van der Waals surface area contributed by atoms with E-state index in [1.54, 1.807) is 18.3 Å². The number of sulfone groups is 1. The van der Waals surface area contributed by atoms with Gasteiger partial charge in [-0.1, -0.05) is 0 Å². The quantitative estimate of drug-likeness (QED) is 0.370. The van der Waals surface area contributed by atoms with Crippen molar-refractivity contribution < 1.29 is 13.2 Å². The van der Waals surface area contributed by atoms with Gasteiger partial charge in [0.25, 0.3) is 0 Å². The summed E-state index contributed by atoms with van der Waals surface area (Å²) in [4.78, 5) is 11.1. The molecule has 0 amide bonds. The van der Waals surface area contributed by atoms with Crippen LogP contribution >= 0.6 is 0 Å². The molecule has 1 aliphatic carbocycles. The zero-order valence-electron chi connectivity index (χ0n) is 21.6. The highest BCUT2D eigenvalue weighted by Crippen LogP contribution is 2.35. The number of nitrogens with zero attached hydrogens (tertiary/aromatic N) is 4. The summed E-state index contributed by atoms with van der Waals surface area (Å²) in [6.07, 6.45) is 7.93. The fourth-order valence-corrected chi connectivity index (χ4v) is 7.14. The molecule has 1 saturated carbocycles. The zero-order valence-corrected chi connectivity index (χ0v) is 22.4. The first-order chi connectivity index (χ1) is 18.3. The van der Waals surface area contributed by atoms with Gasteiger partial charge in [-0.15, -0.1) is 0 Å². The number of ether oxygens (including phenoxy) is 1. The van der Waals surface area contributed by atoms with E-state index in [0.717, 1.165) is 59.7 Å². The third kappa shape index (κ3) is 5.81. The summed E-state index contributed by atoms with van der Waals surface area (Å²) in [6, 6.07) is 15.7. The van der Waals surface area contributed by atoms with Crippen LogP contribution in [0.2, 0.25) is 0 Å². The van der Waals surface area contributed by atoms with Gasteiger partial charge < -0.3 is 15.0 Å². The predicted octanol–water partition coefficient (Wildman–Crippen LogP) is 5.71. The maximum atomic E-state index is 12.6. The Balaban J connectivity index is 1.21. The van der Waals surface area contributed by atoms with Crippen LogP contribution in [0.1, 0.15) is 42.4 Å². The molecule has 0 unspecified atom stereocenters. The van der Waals surface area contributed by atoms with Crippen molar-refractivity contribution in [1.29, 1.82) is 5.26 Å². The topological polar surface area (TPSA) is 108 Å². The van der Waals surface area contributed by atoms with Gasteiger partial charge in [0.2, 0.25) is 11.8 Å². The first-order valence-corrected chi connectivity index (χ1v) is 14.5. The molecule has 1 N–H and O–H groups in total. The average molecular weight is 530 g/mol. The Kier molecular flexibility index (Phi) is 7.34. The van der Waals surface area contributed by atoms with E-state index < -0.39 is 9.84 Å². The van der Waals surface area contributed by atoms with Gasteiger partial charge in [0.1, 0.15) is 5.75 Å². The second-order valence-corrected chi connectivity index (χ2v) is 12.4. The molecule has 2 fully saturated rings. The van der Waals surface area contributed by atoms with Crippen LogP contribution in [0.25, 0.3) is 6.08 Å². The van der Waals surface area contributed by atoms with Gasteiger partial charge >= 0.3 is 0 Å². The van der Waals surface area contributed by atoms with E-state index in [4.69, 9.17) is 10.00 Å². The highest BCUT2D eigenvalue weighted by Gasteiger charge is 2.42. The molecule has 1 aliphatic heterocycles. The number of rotatable bonds is 8. The summed E-state index contributed by atoms with van der Waals surface area (Å²) in [7, 11) is -2.94. The fourth-order valence-electron chi connectivity index (χ4n) is 4.93. The molecule has 0 bridgehead atoms. The number of nitrogens with one attached hydrogen (secondary N) is 1. The number of hydrogen-bond acceptors (Lipinski definition) is 8.